The Balaban J connectivity index is 0.000000167. The van der Waals surface area contributed by atoms with Gasteiger partial charge < -0.3 is 5.11 Å². The highest BCUT2D eigenvalue weighted by Crippen LogP contribution is 2.46. The van der Waals surface area contributed by atoms with E-state index in [-0.39, 0.29) is 17.5 Å². The fourth-order valence-electron chi connectivity index (χ4n) is 4.92. The molecule has 2 fully saturated rings. The number of halogens is 2. The normalized spacial score (nSPS) is 31.8. The second-order valence-electron chi connectivity index (χ2n) is 8.07. The summed E-state index contributed by atoms with van der Waals surface area (Å²) in [5.74, 6) is 0.985. The van der Waals surface area contributed by atoms with Crippen molar-refractivity contribution >= 4 is 41.1 Å². The van der Waals surface area contributed by atoms with Crippen LogP contribution in [0.5, 0.6) is 0 Å². The van der Waals surface area contributed by atoms with E-state index in [9.17, 15) is 14.4 Å². The molecule has 6 heteroatoms. The number of carbonyl (C=O) groups is 3. The van der Waals surface area contributed by atoms with Gasteiger partial charge in [0.2, 0.25) is 0 Å². The molecule has 1 atom stereocenters. The number of hydrogen-bond acceptors (Lipinski definition) is 4. The Bertz CT molecular complexity index is 740. The molecule has 0 bridgehead atoms. The number of allylic oxidation sites excluding steroid dienone is 5. The maximum Gasteiger partial charge on any atom is 0.147 e. The Labute approximate surface area is 175 Å². The second kappa shape index (κ2) is 9.41. The number of Topliss-reactive ketones (excluding diaryl/α,β-unsaturated/α-hetero) is 2. The molecule has 0 aromatic carbocycles. The van der Waals surface area contributed by atoms with Crippen LogP contribution in [-0.2, 0) is 14.4 Å². The predicted octanol–water partition coefficient (Wildman–Crippen LogP) is 5.54. The molecule has 4 nitrogen and oxygen atoms in total. The summed E-state index contributed by atoms with van der Waals surface area (Å²) >= 11 is 12.4. The molecule has 0 radical (unpaired) electrons. The zero-order chi connectivity index (χ0) is 20.3. The maximum atomic E-state index is 11.4. The van der Waals surface area contributed by atoms with E-state index in [2.05, 4.69) is 0 Å². The molecule has 0 aromatic heterocycles. The second-order valence-corrected chi connectivity index (χ2v) is 8.82. The first-order valence-corrected chi connectivity index (χ1v) is 10.9. The van der Waals surface area contributed by atoms with Crippen molar-refractivity contribution in [2.45, 2.75) is 64.2 Å². The van der Waals surface area contributed by atoms with Crippen molar-refractivity contribution in [3.05, 3.63) is 33.0 Å². The lowest BCUT2D eigenvalue weighted by atomic mass is 9.69. The first-order chi connectivity index (χ1) is 13.5. The molecule has 1 N–H and O–H groups in total. The molecule has 2 saturated carbocycles. The van der Waals surface area contributed by atoms with E-state index in [1.54, 1.807) is 0 Å². The maximum absolute atomic E-state index is 11.4. The SMILES string of the molecule is O=C1CCCC2CCCC(=O)C12.O=CC1=C(Cl)C2=C(Cl)/C(=C/O)CCC2CC1. The molecule has 4 rings (SSSR count). The van der Waals surface area contributed by atoms with Crippen molar-refractivity contribution in [3.63, 3.8) is 0 Å². The molecule has 4 aliphatic rings. The van der Waals surface area contributed by atoms with Gasteiger partial charge >= 0.3 is 0 Å². The van der Waals surface area contributed by atoms with Gasteiger partial charge in [0.05, 0.1) is 22.2 Å². The summed E-state index contributed by atoms with van der Waals surface area (Å²) in [7, 11) is 0. The van der Waals surface area contributed by atoms with Gasteiger partial charge in [-0.1, -0.05) is 23.2 Å². The number of fused-ring (bicyclic) bond motifs is 2. The summed E-state index contributed by atoms with van der Waals surface area (Å²) < 4.78 is 0. The number of aliphatic hydroxyl groups is 1. The summed E-state index contributed by atoms with van der Waals surface area (Å²) in [4.78, 5) is 33.7. The monoisotopic (exact) mass is 424 g/mol. The minimum absolute atomic E-state index is 0.188. The molecule has 152 valence electrons. The Morgan fingerprint density at radius 1 is 0.857 bits per heavy atom. The fourth-order valence-corrected chi connectivity index (χ4v) is 5.74. The quantitative estimate of drug-likeness (QED) is 0.340. The third-order valence-electron chi connectivity index (χ3n) is 6.43. The lowest BCUT2D eigenvalue weighted by Gasteiger charge is -2.32. The Morgan fingerprint density at radius 3 is 2.00 bits per heavy atom. The molecular formula is C22H26Cl2O4. The van der Waals surface area contributed by atoms with Crippen LogP contribution in [0.3, 0.4) is 0 Å². The topological polar surface area (TPSA) is 71.4 Å². The summed E-state index contributed by atoms with van der Waals surface area (Å²) in [6.07, 6.45) is 10.7. The van der Waals surface area contributed by atoms with E-state index < -0.39 is 0 Å². The van der Waals surface area contributed by atoms with Gasteiger partial charge in [0.15, 0.2) is 0 Å². The van der Waals surface area contributed by atoms with Crippen LogP contribution in [0.4, 0.5) is 0 Å². The smallest absolute Gasteiger partial charge is 0.147 e. The number of aldehydes is 1. The van der Waals surface area contributed by atoms with Crippen molar-refractivity contribution in [3.8, 4) is 0 Å². The third-order valence-corrected chi connectivity index (χ3v) is 7.32. The van der Waals surface area contributed by atoms with Crippen LogP contribution in [0.1, 0.15) is 64.2 Å². The van der Waals surface area contributed by atoms with Crippen LogP contribution in [0.2, 0.25) is 0 Å². The minimum Gasteiger partial charge on any atom is -0.515 e. The van der Waals surface area contributed by atoms with E-state index in [0.717, 1.165) is 69.5 Å². The lowest BCUT2D eigenvalue weighted by molar-refractivity contribution is -0.139. The van der Waals surface area contributed by atoms with Gasteiger partial charge in [0.25, 0.3) is 0 Å². The lowest BCUT2D eigenvalue weighted by Crippen LogP contribution is -2.37. The van der Waals surface area contributed by atoms with Crippen molar-refractivity contribution in [1.82, 2.24) is 0 Å². The standard InChI is InChI=1S/C12H12Cl2O2.C10H14O2/c13-11-8(5-15)3-1-7-2-4-9(6-16)12(14)10(7)11;11-8-5-1-3-7-4-2-6-9(12)10(7)8/h5-7,15H,1-4H2;7,10H,1-6H2/b8-5+;. The molecule has 28 heavy (non-hydrogen) atoms. The number of aliphatic hydroxyl groups excluding tert-OH is 1. The fraction of sp³-hybridized carbons (Fsp3) is 0.591. The molecule has 0 aromatic rings. The summed E-state index contributed by atoms with van der Waals surface area (Å²) in [5, 5.41) is 10.0. The highest BCUT2D eigenvalue weighted by Gasteiger charge is 2.38. The van der Waals surface area contributed by atoms with Crippen LogP contribution < -0.4 is 0 Å². The Hall–Kier alpha value is -1.39. The van der Waals surface area contributed by atoms with E-state index in [1.165, 1.54) is 0 Å². The summed E-state index contributed by atoms with van der Waals surface area (Å²) in [6, 6.07) is 0. The van der Waals surface area contributed by atoms with E-state index >= 15 is 0 Å². The summed E-state index contributed by atoms with van der Waals surface area (Å²) in [5.41, 5.74) is 2.16. The Kier molecular flexibility index (Phi) is 7.16. The van der Waals surface area contributed by atoms with Gasteiger partial charge in [-0.2, -0.15) is 0 Å². The third kappa shape index (κ3) is 4.28. The largest absolute Gasteiger partial charge is 0.515 e. The molecule has 1 unspecified atom stereocenters. The summed E-state index contributed by atoms with van der Waals surface area (Å²) in [6.45, 7) is 0. The molecular weight excluding hydrogens is 399 g/mol. The van der Waals surface area contributed by atoms with Crippen LogP contribution >= 0.6 is 23.2 Å². The van der Waals surface area contributed by atoms with Crippen molar-refractivity contribution in [1.29, 1.82) is 0 Å². The molecule has 0 aliphatic heterocycles. The molecule has 4 aliphatic carbocycles. The molecule has 0 saturated heterocycles. The van der Waals surface area contributed by atoms with E-state index in [1.807, 2.05) is 0 Å². The highest BCUT2D eigenvalue weighted by molar-refractivity contribution is 6.38. The number of rotatable bonds is 1. The van der Waals surface area contributed by atoms with Gasteiger partial charge in [-0.25, -0.2) is 0 Å². The van der Waals surface area contributed by atoms with E-state index in [4.69, 9.17) is 28.3 Å². The van der Waals surface area contributed by atoms with Crippen LogP contribution in [0, 0.1) is 17.8 Å². The number of carbonyl (C=O) groups excluding carboxylic acids is 3. The minimum atomic E-state index is -0.188. The van der Waals surface area contributed by atoms with Crippen molar-refractivity contribution < 1.29 is 19.5 Å². The molecule has 0 heterocycles. The number of ketones is 2. The van der Waals surface area contributed by atoms with E-state index in [0.29, 0.717) is 45.9 Å². The van der Waals surface area contributed by atoms with Gasteiger partial charge in [-0.05, 0) is 68.8 Å². The molecule has 0 amide bonds. The van der Waals surface area contributed by atoms with Crippen LogP contribution in [-0.4, -0.2) is 23.0 Å². The van der Waals surface area contributed by atoms with Gasteiger partial charge in [-0.3, -0.25) is 14.4 Å². The predicted molar refractivity (Wildman–Crippen MR) is 109 cm³/mol. The van der Waals surface area contributed by atoms with Crippen LogP contribution in [0.15, 0.2) is 33.0 Å². The first-order valence-electron chi connectivity index (χ1n) is 10.1. The van der Waals surface area contributed by atoms with Crippen LogP contribution in [0.25, 0.3) is 0 Å². The zero-order valence-corrected chi connectivity index (χ0v) is 17.4. The molecule has 0 spiro atoms. The highest BCUT2D eigenvalue weighted by atomic mass is 35.5. The van der Waals surface area contributed by atoms with Crippen molar-refractivity contribution in [2.24, 2.45) is 17.8 Å². The average Bonchev–Trinajstić information content (AvgIpc) is 2.69. The van der Waals surface area contributed by atoms with Gasteiger partial charge in [0, 0.05) is 24.0 Å². The average molecular weight is 425 g/mol. The zero-order valence-electron chi connectivity index (χ0n) is 15.9. The van der Waals surface area contributed by atoms with Gasteiger partial charge in [-0.15, -0.1) is 0 Å². The van der Waals surface area contributed by atoms with Crippen molar-refractivity contribution in [2.75, 3.05) is 0 Å². The number of hydrogen-bond donors (Lipinski definition) is 1. The Morgan fingerprint density at radius 2 is 1.46 bits per heavy atom. The first kappa shape index (κ1) is 21.3. The van der Waals surface area contributed by atoms with Gasteiger partial charge in [0.1, 0.15) is 17.9 Å².